The molecule has 0 aromatic heterocycles. The zero-order chi connectivity index (χ0) is 10.6. The van der Waals surface area contributed by atoms with Crippen molar-refractivity contribution in [2.24, 2.45) is 0 Å². The number of alkyl halides is 1. The van der Waals surface area contributed by atoms with Crippen LogP contribution in [0.15, 0.2) is 11.8 Å². The maximum absolute atomic E-state index is 13.6. The van der Waals surface area contributed by atoms with E-state index < -0.39 is 6.17 Å². The summed E-state index contributed by atoms with van der Waals surface area (Å²) in [7, 11) is 0. The van der Waals surface area contributed by atoms with Crippen molar-refractivity contribution in [3.05, 3.63) is 11.8 Å². The molecule has 0 saturated heterocycles. The lowest BCUT2D eigenvalue weighted by Gasteiger charge is -2.24. The smallest absolute Gasteiger partial charge is 0.169 e. The first-order valence-corrected chi connectivity index (χ1v) is 5.21. The van der Waals surface area contributed by atoms with Gasteiger partial charge in [0.2, 0.25) is 0 Å². The number of nitrogens with one attached hydrogen (secondary N) is 1. The average Bonchev–Trinajstić information content (AvgIpc) is 2.14. The molecular formula is C11H20FNO. The topological polar surface area (TPSA) is 21.3 Å². The van der Waals surface area contributed by atoms with Crippen molar-refractivity contribution in [3.8, 4) is 0 Å². The fraction of sp³-hybridized carbons (Fsp3) is 0.818. The van der Waals surface area contributed by atoms with Gasteiger partial charge in [-0.3, -0.25) is 0 Å². The lowest BCUT2D eigenvalue weighted by molar-refractivity contribution is 0.135. The van der Waals surface area contributed by atoms with Crippen molar-refractivity contribution in [2.75, 3.05) is 13.2 Å². The van der Waals surface area contributed by atoms with Crippen LogP contribution in [0.2, 0.25) is 0 Å². The molecule has 1 unspecified atom stereocenters. The second kappa shape index (κ2) is 4.78. The van der Waals surface area contributed by atoms with Crippen LogP contribution in [-0.4, -0.2) is 24.9 Å². The van der Waals surface area contributed by atoms with Gasteiger partial charge in [-0.15, -0.1) is 0 Å². The Morgan fingerprint density at radius 1 is 1.57 bits per heavy atom. The van der Waals surface area contributed by atoms with Crippen molar-refractivity contribution in [1.29, 1.82) is 0 Å². The quantitative estimate of drug-likeness (QED) is 0.757. The van der Waals surface area contributed by atoms with Crippen molar-refractivity contribution in [1.82, 2.24) is 5.32 Å². The van der Waals surface area contributed by atoms with Gasteiger partial charge in [0.15, 0.2) is 6.17 Å². The van der Waals surface area contributed by atoms with E-state index >= 15 is 0 Å². The van der Waals surface area contributed by atoms with Gasteiger partial charge in [0, 0.05) is 12.1 Å². The van der Waals surface area contributed by atoms with Crippen LogP contribution in [0.5, 0.6) is 0 Å². The molecule has 0 aromatic rings. The Morgan fingerprint density at radius 3 is 2.79 bits per heavy atom. The molecule has 82 valence electrons. The summed E-state index contributed by atoms with van der Waals surface area (Å²) in [5.74, 6) is 0.507. The molecule has 0 spiro atoms. The molecule has 1 N–H and O–H groups in total. The first-order valence-electron chi connectivity index (χ1n) is 5.21. The molecule has 0 fully saturated rings. The number of rotatable bonds is 3. The van der Waals surface area contributed by atoms with E-state index in [4.69, 9.17) is 4.74 Å². The predicted molar refractivity (Wildman–Crippen MR) is 55.9 cm³/mol. The van der Waals surface area contributed by atoms with E-state index in [0.717, 1.165) is 12.8 Å². The fourth-order valence-electron chi connectivity index (χ4n) is 1.29. The summed E-state index contributed by atoms with van der Waals surface area (Å²) in [6.45, 7) is 7.05. The SMILES string of the molecule is CC(C)(C)NCC(F)C1=CCCCO1. The van der Waals surface area contributed by atoms with Crippen LogP contribution in [0.3, 0.4) is 0 Å². The third kappa shape index (κ3) is 4.09. The molecule has 1 heterocycles. The average molecular weight is 201 g/mol. The maximum Gasteiger partial charge on any atom is 0.169 e. The van der Waals surface area contributed by atoms with Gasteiger partial charge in [0.1, 0.15) is 5.76 Å². The molecule has 0 aromatic carbocycles. The van der Waals surface area contributed by atoms with Crippen molar-refractivity contribution in [2.45, 2.75) is 45.3 Å². The molecule has 1 atom stereocenters. The second-order valence-corrected chi connectivity index (χ2v) is 4.70. The molecule has 14 heavy (non-hydrogen) atoms. The van der Waals surface area contributed by atoms with Gasteiger partial charge in [-0.05, 0) is 39.7 Å². The summed E-state index contributed by atoms with van der Waals surface area (Å²) < 4.78 is 18.8. The molecule has 2 nitrogen and oxygen atoms in total. The standard InChI is InChI=1S/C11H20FNO/c1-11(2,3)13-8-9(12)10-6-4-5-7-14-10/h6,9,13H,4-5,7-8H2,1-3H3. The highest BCUT2D eigenvalue weighted by Gasteiger charge is 2.19. The van der Waals surface area contributed by atoms with Crippen LogP contribution in [0.25, 0.3) is 0 Å². The van der Waals surface area contributed by atoms with Gasteiger partial charge in [0.25, 0.3) is 0 Å². The van der Waals surface area contributed by atoms with Gasteiger partial charge < -0.3 is 10.1 Å². The summed E-state index contributed by atoms with van der Waals surface area (Å²) in [6, 6.07) is 0. The Bertz CT molecular complexity index is 208. The Labute approximate surface area is 85.5 Å². The van der Waals surface area contributed by atoms with Crippen LogP contribution in [0.1, 0.15) is 33.6 Å². The molecule has 1 aliphatic heterocycles. The highest BCUT2D eigenvalue weighted by molar-refractivity contribution is 5.03. The van der Waals surface area contributed by atoms with Gasteiger partial charge in [-0.25, -0.2) is 4.39 Å². The molecule has 0 radical (unpaired) electrons. The zero-order valence-electron chi connectivity index (χ0n) is 9.27. The molecule has 0 amide bonds. The van der Waals surface area contributed by atoms with E-state index in [1.807, 2.05) is 26.8 Å². The summed E-state index contributed by atoms with van der Waals surface area (Å²) in [4.78, 5) is 0. The highest BCUT2D eigenvalue weighted by atomic mass is 19.1. The number of allylic oxidation sites excluding steroid dienone is 1. The lowest BCUT2D eigenvalue weighted by atomic mass is 10.1. The zero-order valence-corrected chi connectivity index (χ0v) is 9.27. The predicted octanol–water partition coefficient (Wildman–Crippen LogP) is 2.41. The van der Waals surface area contributed by atoms with Gasteiger partial charge in [-0.2, -0.15) is 0 Å². The van der Waals surface area contributed by atoms with E-state index in [2.05, 4.69) is 5.32 Å². The van der Waals surface area contributed by atoms with E-state index in [1.54, 1.807) is 0 Å². The lowest BCUT2D eigenvalue weighted by Crippen LogP contribution is -2.40. The Kier molecular flexibility index (Phi) is 3.93. The van der Waals surface area contributed by atoms with Crippen LogP contribution < -0.4 is 5.32 Å². The van der Waals surface area contributed by atoms with E-state index in [-0.39, 0.29) is 5.54 Å². The van der Waals surface area contributed by atoms with Crippen molar-refractivity contribution in [3.63, 3.8) is 0 Å². The van der Waals surface area contributed by atoms with Crippen molar-refractivity contribution >= 4 is 0 Å². The summed E-state index contributed by atoms with van der Waals surface area (Å²) >= 11 is 0. The number of hydrogen-bond donors (Lipinski definition) is 1. The highest BCUT2D eigenvalue weighted by Crippen LogP contribution is 2.16. The van der Waals surface area contributed by atoms with Crippen LogP contribution in [0.4, 0.5) is 4.39 Å². The number of ether oxygens (including phenoxy) is 1. The minimum Gasteiger partial charge on any atom is -0.495 e. The molecule has 0 aliphatic carbocycles. The molecule has 1 rings (SSSR count). The Hall–Kier alpha value is -0.570. The molecule has 0 saturated carbocycles. The van der Waals surface area contributed by atoms with Gasteiger partial charge >= 0.3 is 0 Å². The molecular weight excluding hydrogens is 181 g/mol. The van der Waals surface area contributed by atoms with Crippen LogP contribution in [0, 0.1) is 0 Å². The summed E-state index contributed by atoms with van der Waals surface area (Å²) in [5, 5.41) is 3.12. The Balaban J connectivity index is 2.34. The molecule has 0 bridgehead atoms. The summed E-state index contributed by atoms with van der Waals surface area (Å²) in [6.07, 6.45) is 2.79. The monoisotopic (exact) mass is 201 g/mol. The first-order chi connectivity index (χ1) is 6.49. The van der Waals surface area contributed by atoms with Gasteiger partial charge in [0.05, 0.1) is 6.61 Å². The maximum atomic E-state index is 13.6. The Morgan fingerprint density at radius 2 is 2.29 bits per heavy atom. The third-order valence-corrected chi connectivity index (χ3v) is 2.08. The summed E-state index contributed by atoms with van der Waals surface area (Å²) in [5.41, 5.74) is -0.0421. The minimum absolute atomic E-state index is 0.0421. The van der Waals surface area contributed by atoms with Gasteiger partial charge in [-0.1, -0.05) is 0 Å². The fourth-order valence-corrected chi connectivity index (χ4v) is 1.29. The number of halogens is 1. The largest absolute Gasteiger partial charge is 0.495 e. The molecule has 1 aliphatic rings. The molecule has 3 heteroatoms. The van der Waals surface area contributed by atoms with Crippen LogP contribution in [-0.2, 0) is 4.74 Å². The minimum atomic E-state index is -1.01. The number of hydrogen-bond acceptors (Lipinski definition) is 2. The van der Waals surface area contributed by atoms with E-state index in [0.29, 0.717) is 18.9 Å². The van der Waals surface area contributed by atoms with E-state index in [9.17, 15) is 4.39 Å². The second-order valence-electron chi connectivity index (χ2n) is 4.70. The normalized spacial score (nSPS) is 19.9. The van der Waals surface area contributed by atoms with Crippen LogP contribution >= 0.6 is 0 Å². The van der Waals surface area contributed by atoms with E-state index in [1.165, 1.54) is 0 Å². The third-order valence-electron chi connectivity index (χ3n) is 2.08. The first kappa shape index (κ1) is 11.5. The van der Waals surface area contributed by atoms with Crippen molar-refractivity contribution < 1.29 is 9.13 Å².